The summed E-state index contributed by atoms with van der Waals surface area (Å²) in [7, 11) is 0. The topological polar surface area (TPSA) is 32.8 Å². The Kier molecular flexibility index (Phi) is 5.22. The molecule has 1 heterocycles. The fraction of sp³-hybridized carbons (Fsp3) is 0.350. The number of ether oxygens (including phenoxy) is 1. The Morgan fingerprint density at radius 2 is 1.60 bits per heavy atom. The third-order valence-electron chi connectivity index (χ3n) is 4.47. The third-order valence-corrected chi connectivity index (χ3v) is 4.47. The first-order chi connectivity index (χ1) is 12.1. The SMILES string of the molecule is CCOc1ccccc1N1CCN(c2cccc(F)c2C(C)=O)CC1. The minimum atomic E-state index is -0.450. The van der Waals surface area contributed by atoms with Crippen LogP contribution in [0.1, 0.15) is 24.2 Å². The van der Waals surface area contributed by atoms with Crippen LogP contribution in [0.25, 0.3) is 0 Å². The van der Waals surface area contributed by atoms with Crippen molar-refractivity contribution in [2.45, 2.75) is 13.8 Å². The van der Waals surface area contributed by atoms with E-state index in [1.54, 1.807) is 6.07 Å². The number of para-hydroxylation sites is 2. The molecule has 0 saturated carbocycles. The molecular formula is C20H23FN2O2. The molecule has 2 aromatic rings. The average Bonchev–Trinajstić information content (AvgIpc) is 2.62. The highest BCUT2D eigenvalue weighted by Crippen LogP contribution is 2.31. The van der Waals surface area contributed by atoms with Gasteiger partial charge in [-0.25, -0.2) is 4.39 Å². The van der Waals surface area contributed by atoms with Gasteiger partial charge in [0.1, 0.15) is 11.6 Å². The van der Waals surface area contributed by atoms with Crippen molar-refractivity contribution >= 4 is 17.2 Å². The molecule has 0 atom stereocenters. The molecule has 0 aromatic heterocycles. The van der Waals surface area contributed by atoms with E-state index in [4.69, 9.17) is 4.74 Å². The van der Waals surface area contributed by atoms with Crippen LogP contribution in [0.2, 0.25) is 0 Å². The summed E-state index contributed by atoms with van der Waals surface area (Å²) in [6, 6.07) is 12.8. The fourth-order valence-corrected chi connectivity index (χ4v) is 3.31. The maximum Gasteiger partial charge on any atom is 0.164 e. The van der Waals surface area contributed by atoms with Crippen LogP contribution in [0.3, 0.4) is 0 Å². The van der Waals surface area contributed by atoms with Crippen molar-refractivity contribution < 1.29 is 13.9 Å². The van der Waals surface area contributed by atoms with Crippen molar-refractivity contribution in [3.63, 3.8) is 0 Å². The number of hydrogen-bond acceptors (Lipinski definition) is 4. The first kappa shape index (κ1) is 17.3. The van der Waals surface area contributed by atoms with Crippen LogP contribution in [0.5, 0.6) is 5.75 Å². The Balaban J connectivity index is 1.77. The fourth-order valence-electron chi connectivity index (χ4n) is 3.31. The molecule has 0 radical (unpaired) electrons. The molecule has 25 heavy (non-hydrogen) atoms. The van der Waals surface area contributed by atoms with Gasteiger partial charge in [0.15, 0.2) is 5.78 Å². The molecule has 3 rings (SSSR count). The van der Waals surface area contributed by atoms with Crippen LogP contribution in [-0.2, 0) is 0 Å². The van der Waals surface area contributed by atoms with Crippen molar-refractivity contribution in [1.82, 2.24) is 0 Å². The summed E-state index contributed by atoms with van der Waals surface area (Å²) in [4.78, 5) is 16.2. The first-order valence-corrected chi connectivity index (χ1v) is 8.63. The van der Waals surface area contributed by atoms with Gasteiger partial charge in [0.25, 0.3) is 0 Å². The van der Waals surface area contributed by atoms with E-state index >= 15 is 0 Å². The summed E-state index contributed by atoms with van der Waals surface area (Å²) in [6.45, 7) is 7.05. The van der Waals surface area contributed by atoms with E-state index in [9.17, 15) is 9.18 Å². The van der Waals surface area contributed by atoms with E-state index in [0.29, 0.717) is 12.3 Å². The van der Waals surface area contributed by atoms with Crippen LogP contribution in [-0.4, -0.2) is 38.6 Å². The van der Waals surface area contributed by atoms with Gasteiger partial charge in [-0.3, -0.25) is 4.79 Å². The van der Waals surface area contributed by atoms with Crippen LogP contribution in [0.15, 0.2) is 42.5 Å². The molecule has 0 aliphatic carbocycles. The van der Waals surface area contributed by atoms with E-state index in [1.807, 2.05) is 31.2 Å². The second-order valence-corrected chi connectivity index (χ2v) is 6.06. The lowest BCUT2D eigenvalue weighted by Gasteiger charge is -2.38. The highest BCUT2D eigenvalue weighted by Gasteiger charge is 2.23. The second kappa shape index (κ2) is 7.55. The minimum Gasteiger partial charge on any atom is -0.492 e. The zero-order valence-electron chi connectivity index (χ0n) is 14.7. The lowest BCUT2D eigenvalue weighted by molar-refractivity contribution is 0.101. The second-order valence-electron chi connectivity index (χ2n) is 6.06. The number of rotatable bonds is 5. The molecule has 1 fully saturated rings. The molecule has 4 nitrogen and oxygen atoms in total. The van der Waals surface area contributed by atoms with Gasteiger partial charge in [-0.1, -0.05) is 18.2 Å². The molecular weight excluding hydrogens is 319 g/mol. The number of Topliss-reactive ketones (excluding diaryl/α,β-unsaturated/α-hetero) is 1. The Morgan fingerprint density at radius 3 is 2.24 bits per heavy atom. The predicted octanol–water partition coefficient (Wildman–Crippen LogP) is 3.75. The number of ketones is 1. The number of hydrogen-bond donors (Lipinski definition) is 0. The molecule has 0 amide bonds. The largest absolute Gasteiger partial charge is 0.492 e. The molecule has 0 spiro atoms. The van der Waals surface area contributed by atoms with Gasteiger partial charge in [-0.05, 0) is 38.1 Å². The van der Waals surface area contributed by atoms with Crippen molar-refractivity contribution in [1.29, 1.82) is 0 Å². The number of carbonyl (C=O) groups is 1. The Labute approximate surface area is 147 Å². The Morgan fingerprint density at radius 1 is 1.00 bits per heavy atom. The summed E-state index contributed by atoms with van der Waals surface area (Å²) in [5, 5.41) is 0. The smallest absolute Gasteiger partial charge is 0.164 e. The lowest BCUT2D eigenvalue weighted by atomic mass is 10.1. The highest BCUT2D eigenvalue weighted by atomic mass is 19.1. The van der Waals surface area contributed by atoms with Crippen LogP contribution >= 0.6 is 0 Å². The minimum absolute atomic E-state index is 0.186. The number of anilines is 2. The van der Waals surface area contributed by atoms with E-state index in [2.05, 4.69) is 15.9 Å². The van der Waals surface area contributed by atoms with Gasteiger partial charge >= 0.3 is 0 Å². The van der Waals surface area contributed by atoms with Crippen molar-refractivity contribution in [3.8, 4) is 5.75 Å². The molecule has 0 unspecified atom stereocenters. The number of piperazine rings is 1. The van der Waals surface area contributed by atoms with Crippen LogP contribution in [0, 0.1) is 5.82 Å². The van der Waals surface area contributed by atoms with Gasteiger partial charge < -0.3 is 14.5 Å². The summed E-state index contributed by atoms with van der Waals surface area (Å²) in [6.07, 6.45) is 0. The maximum atomic E-state index is 14.1. The number of halogens is 1. The van der Waals surface area contributed by atoms with Gasteiger partial charge in [0.05, 0.1) is 23.5 Å². The molecule has 2 aromatic carbocycles. The molecule has 5 heteroatoms. The summed E-state index contributed by atoms with van der Waals surface area (Å²) in [5.41, 5.74) is 1.95. The standard InChI is InChI=1S/C20H23FN2O2/c1-3-25-19-10-5-4-8-17(19)22-11-13-23(14-12-22)18-9-6-7-16(21)20(18)15(2)24/h4-10H,3,11-14H2,1-2H3. The average molecular weight is 342 g/mol. The van der Waals surface area contributed by atoms with Crippen molar-refractivity contribution in [2.75, 3.05) is 42.6 Å². The van der Waals surface area contributed by atoms with E-state index in [0.717, 1.165) is 37.6 Å². The van der Waals surface area contributed by atoms with Gasteiger partial charge in [-0.15, -0.1) is 0 Å². The Hall–Kier alpha value is -2.56. The van der Waals surface area contributed by atoms with E-state index < -0.39 is 5.82 Å². The van der Waals surface area contributed by atoms with Crippen LogP contribution < -0.4 is 14.5 Å². The quantitative estimate of drug-likeness (QED) is 0.775. The predicted molar refractivity (Wildman–Crippen MR) is 98.4 cm³/mol. The molecule has 1 aliphatic heterocycles. The van der Waals surface area contributed by atoms with Crippen molar-refractivity contribution in [3.05, 3.63) is 53.8 Å². The number of nitrogens with zero attached hydrogens (tertiary/aromatic N) is 2. The monoisotopic (exact) mass is 342 g/mol. The van der Waals surface area contributed by atoms with Gasteiger partial charge in [0, 0.05) is 26.2 Å². The molecule has 0 N–H and O–H groups in total. The molecule has 0 bridgehead atoms. The molecule has 132 valence electrons. The number of benzene rings is 2. The third kappa shape index (κ3) is 3.60. The first-order valence-electron chi connectivity index (χ1n) is 8.63. The van der Waals surface area contributed by atoms with E-state index in [-0.39, 0.29) is 11.3 Å². The zero-order valence-corrected chi connectivity index (χ0v) is 14.7. The lowest BCUT2D eigenvalue weighted by Crippen LogP contribution is -2.47. The highest BCUT2D eigenvalue weighted by molar-refractivity contribution is 6.00. The van der Waals surface area contributed by atoms with Gasteiger partial charge in [0.2, 0.25) is 0 Å². The number of carbonyl (C=O) groups excluding carboxylic acids is 1. The normalized spacial score (nSPS) is 14.5. The molecule has 1 aliphatic rings. The van der Waals surface area contributed by atoms with Crippen molar-refractivity contribution in [2.24, 2.45) is 0 Å². The summed E-state index contributed by atoms with van der Waals surface area (Å²) in [5.74, 6) is 0.194. The maximum absolute atomic E-state index is 14.1. The summed E-state index contributed by atoms with van der Waals surface area (Å²) < 4.78 is 19.8. The van der Waals surface area contributed by atoms with Crippen LogP contribution in [0.4, 0.5) is 15.8 Å². The zero-order chi connectivity index (χ0) is 17.8. The van der Waals surface area contributed by atoms with Gasteiger partial charge in [-0.2, -0.15) is 0 Å². The Bertz CT molecular complexity index is 755. The summed E-state index contributed by atoms with van der Waals surface area (Å²) >= 11 is 0. The molecule has 1 saturated heterocycles. The van der Waals surface area contributed by atoms with E-state index in [1.165, 1.54) is 13.0 Å².